The summed E-state index contributed by atoms with van der Waals surface area (Å²) in [7, 11) is 0. The monoisotopic (exact) mass is 348 g/mol. The fourth-order valence-electron chi connectivity index (χ4n) is 3.72. The van der Waals surface area contributed by atoms with Gasteiger partial charge in [0, 0.05) is 17.1 Å². The van der Waals surface area contributed by atoms with Gasteiger partial charge in [0.1, 0.15) is 6.54 Å². The Hall–Kier alpha value is -1.88. The molecule has 0 bridgehead atoms. The van der Waals surface area contributed by atoms with Crippen LogP contribution in [0, 0.1) is 12.3 Å². The quantitative estimate of drug-likeness (QED) is 0.852. The van der Waals surface area contributed by atoms with Gasteiger partial charge in [0.15, 0.2) is 0 Å². The van der Waals surface area contributed by atoms with E-state index in [1.165, 1.54) is 0 Å². The second-order valence-electron chi connectivity index (χ2n) is 6.76. The highest BCUT2D eigenvalue weighted by Gasteiger charge is 2.51. The summed E-state index contributed by atoms with van der Waals surface area (Å²) in [5.41, 5.74) is 0.802. The molecule has 0 aromatic heterocycles. The minimum Gasteiger partial charge on any atom is -0.324 e. The van der Waals surface area contributed by atoms with Gasteiger partial charge in [0.25, 0.3) is 0 Å². The van der Waals surface area contributed by atoms with E-state index in [2.05, 4.69) is 5.32 Å². The zero-order chi connectivity index (χ0) is 17.3. The molecule has 24 heavy (non-hydrogen) atoms. The molecule has 2 fully saturated rings. The lowest BCUT2D eigenvalue weighted by Crippen LogP contribution is -2.41. The molecule has 1 spiro atoms. The predicted octanol–water partition coefficient (Wildman–Crippen LogP) is 3.30. The normalized spacial score (nSPS) is 19.8. The van der Waals surface area contributed by atoms with Crippen molar-refractivity contribution in [2.45, 2.75) is 45.4 Å². The van der Waals surface area contributed by atoms with Crippen LogP contribution in [0.3, 0.4) is 0 Å². The van der Waals surface area contributed by atoms with Crippen molar-refractivity contribution in [3.8, 4) is 0 Å². The van der Waals surface area contributed by atoms with Gasteiger partial charge in [-0.25, -0.2) is 0 Å². The van der Waals surface area contributed by atoms with Crippen molar-refractivity contribution in [3.05, 3.63) is 28.8 Å². The van der Waals surface area contributed by atoms with Crippen molar-refractivity contribution in [1.82, 2.24) is 4.90 Å². The van der Waals surface area contributed by atoms with Gasteiger partial charge in [0.2, 0.25) is 17.7 Å². The van der Waals surface area contributed by atoms with Gasteiger partial charge < -0.3 is 5.32 Å². The van der Waals surface area contributed by atoms with E-state index in [4.69, 9.17) is 11.6 Å². The van der Waals surface area contributed by atoms with Gasteiger partial charge in [-0.3, -0.25) is 19.3 Å². The number of carbonyl (C=O) groups excluding carboxylic acids is 3. The Balaban J connectivity index is 1.69. The topological polar surface area (TPSA) is 66.5 Å². The van der Waals surface area contributed by atoms with E-state index >= 15 is 0 Å². The van der Waals surface area contributed by atoms with Crippen LogP contribution < -0.4 is 5.32 Å². The number of benzene rings is 1. The van der Waals surface area contributed by atoms with Gasteiger partial charge in [-0.2, -0.15) is 0 Å². The Kier molecular flexibility index (Phi) is 4.63. The first kappa shape index (κ1) is 17.0. The largest absolute Gasteiger partial charge is 0.324 e. The fourth-order valence-corrected chi connectivity index (χ4v) is 3.89. The SMILES string of the molecule is Cc1c(Cl)cccc1NC(=O)CN1C(=O)CC2(CCCCC2)C1=O. The molecule has 1 heterocycles. The van der Waals surface area contributed by atoms with Crippen LogP contribution in [0.1, 0.15) is 44.1 Å². The van der Waals surface area contributed by atoms with Gasteiger partial charge in [-0.1, -0.05) is 36.9 Å². The number of imide groups is 1. The molecule has 5 nitrogen and oxygen atoms in total. The van der Waals surface area contributed by atoms with Crippen LogP contribution in [-0.2, 0) is 14.4 Å². The van der Waals surface area contributed by atoms with Crippen molar-refractivity contribution in [1.29, 1.82) is 0 Å². The van der Waals surface area contributed by atoms with Crippen LogP contribution in [-0.4, -0.2) is 29.2 Å². The number of nitrogens with zero attached hydrogens (tertiary/aromatic N) is 1. The van der Waals surface area contributed by atoms with Crippen LogP contribution in [0.5, 0.6) is 0 Å². The van der Waals surface area contributed by atoms with Crippen LogP contribution in [0.15, 0.2) is 18.2 Å². The molecule has 1 aliphatic carbocycles. The van der Waals surface area contributed by atoms with E-state index in [0.717, 1.165) is 42.6 Å². The maximum Gasteiger partial charge on any atom is 0.244 e. The van der Waals surface area contributed by atoms with E-state index in [-0.39, 0.29) is 30.7 Å². The number of likely N-dealkylation sites (tertiary alicyclic amines) is 1. The lowest BCUT2D eigenvalue weighted by molar-refractivity contribution is -0.144. The molecule has 1 N–H and O–H groups in total. The smallest absolute Gasteiger partial charge is 0.244 e. The highest BCUT2D eigenvalue weighted by molar-refractivity contribution is 6.31. The lowest BCUT2D eigenvalue weighted by atomic mass is 9.73. The zero-order valence-electron chi connectivity index (χ0n) is 13.7. The van der Waals surface area contributed by atoms with Crippen LogP contribution >= 0.6 is 11.6 Å². The molecule has 0 radical (unpaired) electrons. The highest BCUT2D eigenvalue weighted by atomic mass is 35.5. The molecule has 0 atom stereocenters. The predicted molar refractivity (Wildman–Crippen MR) is 91.7 cm³/mol. The standard InChI is InChI=1S/C18H21ClN2O3/c1-12-13(19)6-5-7-14(12)20-15(22)11-21-16(23)10-18(17(21)24)8-3-2-4-9-18/h5-7H,2-4,8-11H2,1H3,(H,20,22). The molecule has 1 aromatic rings. The molecule has 2 aliphatic rings. The van der Waals surface area contributed by atoms with Gasteiger partial charge in [-0.15, -0.1) is 0 Å². The first-order valence-corrected chi connectivity index (χ1v) is 8.70. The summed E-state index contributed by atoms with van der Waals surface area (Å²) >= 11 is 6.04. The highest BCUT2D eigenvalue weighted by Crippen LogP contribution is 2.45. The molecule has 1 aromatic carbocycles. The maximum absolute atomic E-state index is 12.7. The molecule has 3 amide bonds. The Labute approximate surface area is 146 Å². The van der Waals surface area contributed by atoms with E-state index in [1.54, 1.807) is 25.1 Å². The number of carbonyl (C=O) groups is 3. The third-order valence-corrected chi connectivity index (χ3v) is 5.55. The summed E-state index contributed by atoms with van der Waals surface area (Å²) in [6.45, 7) is 1.58. The number of anilines is 1. The number of nitrogens with one attached hydrogen (secondary N) is 1. The number of halogens is 1. The second-order valence-corrected chi connectivity index (χ2v) is 7.17. The Morgan fingerprint density at radius 1 is 1.25 bits per heavy atom. The average molecular weight is 349 g/mol. The molecular weight excluding hydrogens is 328 g/mol. The molecule has 0 unspecified atom stereocenters. The van der Waals surface area contributed by atoms with E-state index in [0.29, 0.717) is 10.7 Å². The molecule has 1 saturated heterocycles. The Morgan fingerprint density at radius 2 is 1.96 bits per heavy atom. The van der Waals surface area contributed by atoms with Gasteiger partial charge in [0.05, 0.1) is 5.41 Å². The third-order valence-electron chi connectivity index (χ3n) is 5.14. The lowest BCUT2D eigenvalue weighted by Gasteiger charge is -2.30. The summed E-state index contributed by atoms with van der Waals surface area (Å²) in [6, 6.07) is 5.23. The summed E-state index contributed by atoms with van der Waals surface area (Å²) in [5.74, 6) is -0.792. The molecule has 6 heteroatoms. The molecule has 1 aliphatic heterocycles. The van der Waals surface area contributed by atoms with E-state index in [1.807, 2.05) is 0 Å². The van der Waals surface area contributed by atoms with Crippen LogP contribution in [0.4, 0.5) is 5.69 Å². The number of hydrogen-bond donors (Lipinski definition) is 1. The summed E-state index contributed by atoms with van der Waals surface area (Å²) < 4.78 is 0. The summed E-state index contributed by atoms with van der Waals surface area (Å²) in [5, 5.41) is 3.30. The first-order chi connectivity index (χ1) is 11.4. The fraction of sp³-hybridized carbons (Fsp3) is 0.500. The van der Waals surface area contributed by atoms with Crippen LogP contribution in [0.2, 0.25) is 5.02 Å². The van der Waals surface area contributed by atoms with Crippen molar-refractivity contribution in [2.75, 3.05) is 11.9 Å². The summed E-state index contributed by atoms with van der Waals surface area (Å²) in [6.07, 6.45) is 4.81. The van der Waals surface area contributed by atoms with Crippen molar-refractivity contribution in [2.24, 2.45) is 5.41 Å². The van der Waals surface area contributed by atoms with Gasteiger partial charge >= 0.3 is 0 Å². The van der Waals surface area contributed by atoms with E-state index in [9.17, 15) is 14.4 Å². The minimum atomic E-state index is -0.554. The molecule has 128 valence electrons. The van der Waals surface area contributed by atoms with E-state index < -0.39 is 5.41 Å². The first-order valence-electron chi connectivity index (χ1n) is 8.33. The van der Waals surface area contributed by atoms with Crippen LogP contribution in [0.25, 0.3) is 0 Å². The second kappa shape index (κ2) is 6.55. The Morgan fingerprint density at radius 3 is 2.67 bits per heavy atom. The molecule has 3 rings (SSSR count). The van der Waals surface area contributed by atoms with Gasteiger partial charge in [-0.05, 0) is 37.5 Å². The summed E-state index contributed by atoms with van der Waals surface area (Å²) in [4.78, 5) is 38.4. The number of hydrogen-bond acceptors (Lipinski definition) is 3. The third kappa shape index (κ3) is 3.05. The average Bonchev–Trinajstić information content (AvgIpc) is 2.77. The minimum absolute atomic E-state index is 0.176. The number of amides is 3. The van der Waals surface area contributed by atoms with Crippen molar-refractivity contribution >= 4 is 35.0 Å². The zero-order valence-corrected chi connectivity index (χ0v) is 14.5. The van der Waals surface area contributed by atoms with Crippen molar-refractivity contribution < 1.29 is 14.4 Å². The molecular formula is C18H21ClN2O3. The Bertz CT molecular complexity index is 696. The number of rotatable bonds is 3. The van der Waals surface area contributed by atoms with Crippen molar-refractivity contribution in [3.63, 3.8) is 0 Å². The maximum atomic E-state index is 12.7. The molecule has 1 saturated carbocycles.